The number of carbonyl (C=O) groups is 2. The van der Waals surface area contributed by atoms with Gasteiger partial charge in [-0.15, -0.1) is 0 Å². The van der Waals surface area contributed by atoms with Crippen LogP contribution < -0.4 is 10.1 Å². The summed E-state index contributed by atoms with van der Waals surface area (Å²) in [6.45, 7) is 6.75. The molecule has 0 radical (unpaired) electrons. The maximum absolute atomic E-state index is 12.3. The third kappa shape index (κ3) is 5.21. The van der Waals surface area contributed by atoms with E-state index in [4.69, 9.17) is 14.9 Å². The highest BCUT2D eigenvalue weighted by Gasteiger charge is 2.28. The molecule has 2 fully saturated rings. The summed E-state index contributed by atoms with van der Waals surface area (Å²) in [5.41, 5.74) is 1.13. The summed E-state index contributed by atoms with van der Waals surface area (Å²) in [6.07, 6.45) is 4.60. The molecule has 0 unspecified atom stereocenters. The van der Waals surface area contributed by atoms with Crippen LogP contribution in [0.1, 0.15) is 39.2 Å². The predicted molar refractivity (Wildman–Crippen MR) is 125 cm³/mol. The van der Waals surface area contributed by atoms with Gasteiger partial charge >= 0.3 is 6.09 Å². The van der Waals surface area contributed by atoms with Crippen LogP contribution in [0.4, 0.5) is 4.79 Å². The van der Waals surface area contributed by atoms with Gasteiger partial charge in [0.25, 0.3) is 5.91 Å². The number of thioether (sulfide) groups is 1. The third-order valence-corrected chi connectivity index (χ3v) is 5.90. The zero-order chi connectivity index (χ0) is 22.9. The SMILES string of the molecule is CC(C)(C)OC(=O)N1CCC(Oc2ccnc3ccc(/C=C4\SC(=N)NC4=O)cc23)CC1. The lowest BCUT2D eigenvalue weighted by Crippen LogP contribution is -2.44. The maximum Gasteiger partial charge on any atom is 0.410 e. The first-order chi connectivity index (χ1) is 15.2. The fourth-order valence-electron chi connectivity index (χ4n) is 3.59. The number of hydrogen-bond acceptors (Lipinski definition) is 7. The molecule has 1 aromatic heterocycles. The monoisotopic (exact) mass is 454 g/mol. The highest BCUT2D eigenvalue weighted by atomic mass is 32.2. The molecular formula is C23H26N4O4S. The van der Waals surface area contributed by atoms with Gasteiger partial charge in [-0.3, -0.25) is 15.2 Å². The van der Waals surface area contributed by atoms with E-state index in [1.165, 1.54) is 0 Å². The highest BCUT2D eigenvalue weighted by Crippen LogP contribution is 2.30. The first kappa shape index (κ1) is 22.1. The summed E-state index contributed by atoms with van der Waals surface area (Å²) < 4.78 is 11.8. The van der Waals surface area contributed by atoms with Gasteiger partial charge in [-0.05, 0) is 62.4 Å². The molecule has 2 amide bonds. The van der Waals surface area contributed by atoms with E-state index in [0.717, 1.165) is 34.0 Å². The molecule has 2 aliphatic heterocycles. The standard InChI is InChI=1S/C23H26N4O4S/c1-23(2,3)31-22(29)27-10-7-15(8-11-27)30-18-6-9-25-17-5-4-14(12-16(17)18)13-19-20(28)26-21(24)32-19/h4-6,9,12-13,15H,7-8,10-11H2,1-3H3,(H2,24,26,28)/b19-13-. The van der Waals surface area contributed by atoms with E-state index in [2.05, 4.69) is 10.3 Å². The Morgan fingerprint density at radius 3 is 2.69 bits per heavy atom. The molecule has 2 aliphatic rings. The lowest BCUT2D eigenvalue weighted by atomic mass is 10.1. The Hall–Kier alpha value is -3.07. The smallest absolute Gasteiger partial charge is 0.410 e. The molecule has 0 bridgehead atoms. The molecular weight excluding hydrogens is 428 g/mol. The second kappa shape index (κ2) is 8.82. The van der Waals surface area contributed by atoms with Crippen LogP contribution in [0, 0.1) is 5.41 Å². The molecule has 1 aromatic carbocycles. The van der Waals surface area contributed by atoms with E-state index in [1.807, 2.05) is 45.0 Å². The van der Waals surface area contributed by atoms with E-state index >= 15 is 0 Å². The summed E-state index contributed by atoms with van der Waals surface area (Å²) in [5, 5.41) is 11.1. The van der Waals surface area contributed by atoms with Crippen molar-refractivity contribution in [1.29, 1.82) is 5.41 Å². The number of aromatic nitrogens is 1. The number of nitrogens with zero attached hydrogens (tertiary/aromatic N) is 2. The number of likely N-dealkylation sites (tertiary alicyclic amines) is 1. The number of piperidine rings is 1. The van der Waals surface area contributed by atoms with Crippen molar-refractivity contribution in [3.05, 3.63) is 40.9 Å². The Morgan fingerprint density at radius 2 is 2.03 bits per heavy atom. The summed E-state index contributed by atoms with van der Waals surface area (Å²) in [6, 6.07) is 7.56. The van der Waals surface area contributed by atoms with E-state index in [1.54, 1.807) is 17.2 Å². The van der Waals surface area contributed by atoms with Crippen LogP contribution in [0.3, 0.4) is 0 Å². The Bertz CT molecular complexity index is 1100. The average molecular weight is 455 g/mol. The zero-order valence-electron chi connectivity index (χ0n) is 18.3. The molecule has 8 nitrogen and oxygen atoms in total. The fourth-order valence-corrected chi connectivity index (χ4v) is 4.29. The van der Waals surface area contributed by atoms with Crippen LogP contribution in [-0.2, 0) is 9.53 Å². The number of hydrogen-bond donors (Lipinski definition) is 2. The molecule has 0 aliphatic carbocycles. The lowest BCUT2D eigenvalue weighted by molar-refractivity contribution is -0.115. The van der Waals surface area contributed by atoms with Crippen molar-refractivity contribution < 1.29 is 19.1 Å². The van der Waals surface area contributed by atoms with Crippen LogP contribution in [0.5, 0.6) is 5.75 Å². The van der Waals surface area contributed by atoms with E-state index < -0.39 is 5.60 Å². The van der Waals surface area contributed by atoms with Crippen molar-refractivity contribution in [3.8, 4) is 5.75 Å². The molecule has 2 aromatic rings. The van der Waals surface area contributed by atoms with Gasteiger partial charge in [0.15, 0.2) is 5.17 Å². The zero-order valence-corrected chi connectivity index (χ0v) is 19.1. The third-order valence-electron chi connectivity index (χ3n) is 5.07. The van der Waals surface area contributed by atoms with E-state index in [0.29, 0.717) is 30.8 Å². The number of pyridine rings is 1. The van der Waals surface area contributed by atoms with Gasteiger partial charge in [0.05, 0.1) is 10.4 Å². The number of ether oxygens (including phenoxy) is 2. The molecule has 32 heavy (non-hydrogen) atoms. The molecule has 2 N–H and O–H groups in total. The lowest BCUT2D eigenvalue weighted by Gasteiger charge is -2.33. The Labute approximate surface area is 190 Å². The van der Waals surface area contributed by atoms with Crippen molar-refractivity contribution in [2.45, 2.75) is 45.3 Å². The van der Waals surface area contributed by atoms with Crippen LogP contribution >= 0.6 is 11.8 Å². The van der Waals surface area contributed by atoms with Gasteiger partial charge in [-0.25, -0.2) is 4.79 Å². The molecule has 2 saturated heterocycles. The Kier molecular flexibility index (Phi) is 6.10. The van der Waals surface area contributed by atoms with Crippen molar-refractivity contribution in [3.63, 3.8) is 0 Å². The Morgan fingerprint density at radius 1 is 1.28 bits per heavy atom. The maximum atomic E-state index is 12.3. The quantitative estimate of drug-likeness (QED) is 0.675. The van der Waals surface area contributed by atoms with Gasteiger partial charge in [-0.2, -0.15) is 0 Å². The van der Waals surface area contributed by atoms with Gasteiger partial charge in [0.1, 0.15) is 17.5 Å². The minimum absolute atomic E-state index is 0.0158. The molecule has 0 saturated carbocycles. The van der Waals surface area contributed by atoms with Crippen LogP contribution in [-0.4, -0.2) is 51.8 Å². The highest BCUT2D eigenvalue weighted by molar-refractivity contribution is 8.18. The van der Waals surface area contributed by atoms with Gasteiger partial charge in [0, 0.05) is 37.5 Å². The number of nitrogens with one attached hydrogen (secondary N) is 2. The predicted octanol–water partition coefficient (Wildman–Crippen LogP) is 4.15. The molecule has 168 valence electrons. The first-order valence-electron chi connectivity index (χ1n) is 10.5. The van der Waals surface area contributed by atoms with Crippen molar-refractivity contribution in [2.24, 2.45) is 0 Å². The van der Waals surface area contributed by atoms with Crippen molar-refractivity contribution in [1.82, 2.24) is 15.2 Å². The summed E-state index contributed by atoms with van der Waals surface area (Å²) in [4.78, 5) is 30.8. The van der Waals surface area contributed by atoms with Crippen molar-refractivity contribution in [2.75, 3.05) is 13.1 Å². The van der Waals surface area contributed by atoms with Crippen molar-refractivity contribution >= 4 is 45.9 Å². The average Bonchev–Trinajstić information content (AvgIpc) is 3.04. The van der Waals surface area contributed by atoms with Crippen LogP contribution in [0.2, 0.25) is 0 Å². The number of amidine groups is 1. The van der Waals surface area contributed by atoms with Gasteiger partial charge in [0.2, 0.25) is 0 Å². The number of benzene rings is 1. The van der Waals surface area contributed by atoms with Gasteiger partial charge in [-0.1, -0.05) is 6.07 Å². The number of rotatable bonds is 3. The number of amides is 2. The summed E-state index contributed by atoms with van der Waals surface area (Å²) in [5.74, 6) is 0.460. The van der Waals surface area contributed by atoms with E-state index in [-0.39, 0.29) is 23.3 Å². The van der Waals surface area contributed by atoms with E-state index in [9.17, 15) is 9.59 Å². The Balaban J connectivity index is 1.47. The van der Waals surface area contributed by atoms with Gasteiger partial charge < -0.3 is 19.7 Å². The van der Waals surface area contributed by atoms with Crippen LogP contribution in [0.15, 0.2) is 35.4 Å². The molecule has 0 atom stereocenters. The van der Waals surface area contributed by atoms with Crippen LogP contribution in [0.25, 0.3) is 17.0 Å². The second-order valence-corrected chi connectivity index (χ2v) is 9.82. The largest absolute Gasteiger partial charge is 0.490 e. The minimum atomic E-state index is -0.509. The molecule has 0 spiro atoms. The topological polar surface area (TPSA) is 105 Å². The summed E-state index contributed by atoms with van der Waals surface area (Å²) in [7, 11) is 0. The first-order valence-corrected chi connectivity index (χ1v) is 11.3. The molecule has 3 heterocycles. The minimum Gasteiger partial charge on any atom is -0.490 e. The molecule has 4 rings (SSSR count). The molecule has 9 heteroatoms. The normalized spacial score (nSPS) is 18.8. The number of carbonyl (C=O) groups excluding carboxylic acids is 2. The summed E-state index contributed by atoms with van der Waals surface area (Å²) >= 11 is 1.11. The second-order valence-electron chi connectivity index (χ2n) is 8.76. The number of fused-ring (bicyclic) bond motifs is 1. The fraction of sp³-hybridized carbons (Fsp3) is 0.391.